The molecule has 114 valence electrons. The SMILES string of the molecule is CCn1ccnc1CC(NN)c1cccc(OC)c1OC. The lowest BCUT2D eigenvalue weighted by molar-refractivity contribution is 0.346. The zero-order chi connectivity index (χ0) is 15.2. The van der Waals surface area contributed by atoms with E-state index in [0.29, 0.717) is 17.9 Å². The fourth-order valence-electron chi connectivity index (χ4n) is 2.45. The first-order chi connectivity index (χ1) is 10.2. The van der Waals surface area contributed by atoms with Crippen molar-refractivity contribution >= 4 is 0 Å². The van der Waals surface area contributed by atoms with Crippen LogP contribution in [0, 0.1) is 0 Å². The number of nitrogens with two attached hydrogens (primary N) is 1. The van der Waals surface area contributed by atoms with E-state index in [9.17, 15) is 0 Å². The molecule has 0 saturated carbocycles. The van der Waals surface area contributed by atoms with Gasteiger partial charge in [0.1, 0.15) is 5.82 Å². The van der Waals surface area contributed by atoms with E-state index in [2.05, 4.69) is 21.9 Å². The maximum absolute atomic E-state index is 5.74. The third-order valence-corrected chi connectivity index (χ3v) is 3.54. The minimum atomic E-state index is -0.109. The summed E-state index contributed by atoms with van der Waals surface area (Å²) in [6, 6.07) is 5.66. The number of imidazole rings is 1. The van der Waals surface area contributed by atoms with E-state index in [1.54, 1.807) is 20.4 Å². The van der Waals surface area contributed by atoms with E-state index in [1.165, 1.54) is 0 Å². The van der Waals surface area contributed by atoms with Crippen LogP contribution >= 0.6 is 0 Å². The average molecular weight is 290 g/mol. The van der Waals surface area contributed by atoms with Crippen molar-refractivity contribution in [2.75, 3.05) is 14.2 Å². The van der Waals surface area contributed by atoms with E-state index in [4.69, 9.17) is 15.3 Å². The molecule has 1 aromatic heterocycles. The lowest BCUT2D eigenvalue weighted by Crippen LogP contribution is -2.30. The van der Waals surface area contributed by atoms with Gasteiger partial charge in [0.15, 0.2) is 11.5 Å². The molecule has 6 nitrogen and oxygen atoms in total. The standard InChI is InChI=1S/C15H22N4O2/c1-4-19-9-8-17-14(19)10-12(18-16)11-6-5-7-13(20-2)15(11)21-3/h5-9,12,18H,4,10,16H2,1-3H3. The maximum Gasteiger partial charge on any atom is 0.165 e. The molecular formula is C15H22N4O2. The Hall–Kier alpha value is -2.05. The quantitative estimate of drug-likeness (QED) is 0.599. The third kappa shape index (κ3) is 3.17. The first-order valence-electron chi connectivity index (χ1n) is 6.92. The number of methoxy groups -OCH3 is 2. The van der Waals surface area contributed by atoms with Crippen LogP contribution in [0.3, 0.4) is 0 Å². The molecule has 1 unspecified atom stereocenters. The molecule has 2 rings (SSSR count). The van der Waals surface area contributed by atoms with Gasteiger partial charge in [-0.2, -0.15) is 0 Å². The molecule has 6 heteroatoms. The summed E-state index contributed by atoms with van der Waals surface area (Å²) >= 11 is 0. The second-order valence-electron chi connectivity index (χ2n) is 4.64. The van der Waals surface area contributed by atoms with Crippen LogP contribution in [0.2, 0.25) is 0 Å². The summed E-state index contributed by atoms with van der Waals surface area (Å²) in [5.74, 6) is 8.10. The van der Waals surface area contributed by atoms with Crippen LogP contribution in [-0.4, -0.2) is 23.8 Å². The smallest absolute Gasteiger partial charge is 0.165 e. The van der Waals surface area contributed by atoms with Crippen molar-refractivity contribution < 1.29 is 9.47 Å². The Kier molecular flexibility index (Phi) is 5.19. The molecule has 0 radical (unpaired) electrons. The summed E-state index contributed by atoms with van der Waals surface area (Å²) in [5.41, 5.74) is 3.79. The van der Waals surface area contributed by atoms with Gasteiger partial charge in [0, 0.05) is 30.9 Å². The summed E-state index contributed by atoms with van der Waals surface area (Å²) in [6.07, 6.45) is 4.43. The summed E-state index contributed by atoms with van der Waals surface area (Å²) in [5, 5.41) is 0. The van der Waals surface area contributed by atoms with Crippen LogP contribution < -0.4 is 20.7 Å². The molecule has 0 saturated heterocycles. The van der Waals surface area contributed by atoms with Crippen molar-refractivity contribution in [1.29, 1.82) is 0 Å². The van der Waals surface area contributed by atoms with Gasteiger partial charge in [-0.3, -0.25) is 11.3 Å². The molecule has 1 aromatic carbocycles. The van der Waals surface area contributed by atoms with E-state index in [0.717, 1.165) is 17.9 Å². The Labute approximate surface area is 124 Å². The third-order valence-electron chi connectivity index (χ3n) is 3.54. The van der Waals surface area contributed by atoms with Crippen LogP contribution in [0.15, 0.2) is 30.6 Å². The van der Waals surface area contributed by atoms with Crippen LogP contribution in [0.5, 0.6) is 11.5 Å². The van der Waals surface area contributed by atoms with Crippen molar-refractivity contribution in [3.63, 3.8) is 0 Å². The molecule has 1 heterocycles. The molecule has 2 aromatic rings. The number of para-hydroxylation sites is 1. The monoisotopic (exact) mass is 290 g/mol. The predicted octanol–water partition coefficient (Wildman–Crippen LogP) is 1.67. The van der Waals surface area contributed by atoms with Crippen molar-refractivity contribution in [3.05, 3.63) is 42.0 Å². The van der Waals surface area contributed by atoms with Gasteiger partial charge < -0.3 is 14.0 Å². The van der Waals surface area contributed by atoms with E-state index < -0.39 is 0 Å². The van der Waals surface area contributed by atoms with Crippen molar-refractivity contribution in [1.82, 2.24) is 15.0 Å². The lowest BCUT2D eigenvalue weighted by Gasteiger charge is -2.20. The highest BCUT2D eigenvalue weighted by Gasteiger charge is 2.20. The summed E-state index contributed by atoms with van der Waals surface area (Å²) < 4.78 is 12.9. The molecule has 3 N–H and O–H groups in total. The molecule has 0 fully saturated rings. The average Bonchev–Trinajstić information content (AvgIpc) is 2.98. The Morgan fingerprint density at radius 1 is 1.33 bits per heavy atom. The predicted molar refractivity (Wildman–Crippen MR) is 81.2 cm³/mol. The molecule has 0 aliphatic carbocycles. The molecule has 1 atom stereocenters. The van der Waals surface area contributed by atoms with Crippen LogP contribution in [0.25, 0.3) is 0 Å². The number of hydrogen-bond acceptors (Lipinski definition) is 5. The first-order valence-corrected chi connectivity index (χ1v) is 6.92. The number of rotatable bonds is 7. The van der Waals surface area contributed by atoms with Gasteiger partial charge in [0.05, 0.1) is 20.3 Å². The van der Waals surface area contributed by atoms with Gasteiger partial charge in [-0.05, 0) is 13.0 Å². The number of nitrogens with zero attached hydrogens (tertiary/aromatic N) is 2. The van der Waals surface area contributed by atoms with Crippen LogP contribution in [0.4, 0.5) is 0 Å². The number of nitrogens with one attached hydrogen (secondary N) is 1. The second kappa shape index (κ2) is 7.10. The largest absolute Gasteiger partial charge is 0.493 e. The highest BCUT2D eigenvalue weighted by atomic mass is 16.5. The number of hydrazine groups is 1. The Morgan fingerprint density at radius 2 is 2.14 bits per heavy atom. The van der Waals surface area contributed by atoms with Crippen molar-refractivity contribution in [3.8, 4) is 11.5 Å². The Bertz CT molecular complexity index is 583. The minimum Gasteiger partial charge on any atom is -0.493 e. The maximum atomic E-state index is 5.74. The highest BCUT2D eigenvalue weighted by Crippen LogP contribution is 2.35. The normalized spacial score (nSPS) is 12.2. The van der Waals surface area contributed by atoms with Crippen molar-refractivity contribution in [2.24, 2.45) is 5.84 Å². The number of benzene rings is 1. The van der Waals surface area contributed by atoms with Gasteiger partial charge in [-0.15, -0.1) is 0 Å². The van der Waals surface area contributed by atoms with Crippen LogP contribution in [0.1, 0.15) is 24.4 Å². The van der Waals surface area contributed by atoms with Gasteiger partial charge in [-0.1, -0.05) is 12.1 Å². The molecule has 0 amide bonds. The van der Waals surface area contributed by atoms with Crippen molar-refractivity contribution in [2.45, 2.75) is 25.9 Å². The van der Waals surface area contributed by atoms with Gasteiger partial charge in [0.2, 0.25) is 0 Å². The molecular weight excluding hydrogens is 268 g/mol. The zero-order valence-electron chi connectivity index (χ0n) is 12.7. The molecule has 0 spiro atoms. The number of aryl methyl sites for hydroxylation is 1. The molecule has 21 heavy (non-hydrogen) atoms. The van der Waals surface area contributed by atoms with Crippen LogP contribution in [-0.2, 0) is 13.0 Å². The fourth-order valence-corrected chi connectivity index (χ4v) is 2.45. The number of ether oxygens (including phenoxy) is 2. The molecule has 0 aliphatic heterocycles. The Balaban J connectivity index is 2.33. The summed E-state index contributed by atoms with van der Waals surface area (Å²) in [4.78, 5) is 4.39. The molecule has 0 aliphatic rings. The first kappa shape index (κ1) is 15.3. The fraction of sp³-hybridized carbons (Fsp3) is 0.400. The van der Waals surface area contributed by atoms with E-state index >= 15 is 0 Å². The number of hydrogen-bond donors (Lipinski definition) is 2. The minimum absolute atomic E-state index is 0.109. The van der Waals surface area contributed by atoms with Gasteiger partial charge >= 0.3 is 0 Å². The number of aromatic nitrogens is 2. The summed E-state index contributed by atoms with van der Waals surface area (Å²) in [7, 11) is 3.25. The van der Waals surface area contributed by atoms with Gasteiger partial charge in [0.25, 0.3) is 0 Å². The van der Waals surface area contributed by atoms with E-state index in [1.807, 2.05) is 24.4 Å². The second-order valence-corrected chi connectivity index (χ2v) is 4.64. The highest BCUT2D eigenvalue weighted by molar-refractivity contribution is 5.48. The lowest BCUT2D eigenvalue weighted by atomic mass is 10.0. The molecule has 0 bridgehead atoms. The van der Waals surface area contributed by atoms with Gasteiger partial charge in [-0.25, -0.2) is 4.98 Å². The van der Waals surface area contributed by atoms with E-state index in [-0.39, 0.29) is 6.04 Å². The Morgan fingerprint density at radius 3 is 2.76 bits per heavy atom. The summed E-state index contributed by atoms with van der Waals surface area (Å²) in [6.45, 7) is 2.96. The topological polar surface area (TPSA) is 74.3 Å². The zero-order valence-corrected chi connectivity index (χ0v) is 12.7.